The Morgan fingerprint density at radius 2 is 1.86 bits per heavy atom. The van der Waals surface area contributed by atoms with E-state index in [1.54, 1.807) is 43.6 Å². The summed E-state index contributed by atoms with van der Waals surface area (Å²) in [7, 11) is 0. The molecule has 2 N–H and O–H groups in total. The number of aromatic hydroxyl groups is 1. The Bertz CT molecular complexity index is 841. The summed E-state index contributed by atoms with van der Waals surface area (Å²) in [5, 5.41) is 23.3. The molecule has 0 saturated heterocycles. The minimum atomic E-state index is -1.07. The van der Waals surface area contributed by atoms with Crippen LogP contribution < -0.4 is 0 Å². The molecule has 0 atom stereocenters. The summed E-state index contributed by atoms with van der Waals surface area (Å²) >= 11 is 0. The Hall–Kier alpha value is -3.15. The average molecular weight is 295 g/mol. The summed E-state index contributed by atoms with van der Waals surface area (Å²) in [6, 6.07) is 9.75. The maximum atomic E-state index is 11.5. The molecule has 0 fully saturated rings. The van der Waals surface area contributed by atoms with Gasteiger partial charge in [0.05, 0.1) is 11.4 Å². The number of phenols is 1. The number of hydrogen-bond acceptors (Lipinski definition) is 4. The fraction of sp³-hybridized carbons (Fsp3) is 0.0625. The van der Waals surface area contributed by atoms with Gasteiger partial charge in [0.1, 0.15) is 5.75 Å². The number of carboxylic acids is 1. The highest BCUT2D eigenvalue weighted by atomic mass is 16.4. The van der Waals surface area contributed by atoms with E-state index in [-0.39, 0.29) is 11.4 Å². The van der Waals surface area contributed by atoms with E-state index in [0.29, 0.717) is 11.4 Å². The predicted molar refractivity (Wildman–Crippen MR) is 80.2 cm³/mol. The third-order valence-electron chi connectivity index (χ3n) is 3.31. The number of aromatic carboxylic acids is 1. The second-order valence-electron chi connectivity index (χ2n) is 4.84. The Morgan fingerprint density at radius 3 is 2.50 bits per heavy atom. The molecule has 2 aromatic heterocycles. The molecule has 6 nitrogen and oxygen atoms in total. The lowest BCUT2D eigenvalue weighted by Crippen LogP contribution is -2.09. The van der Waals surface area contributed by atoms with E-state index in [4.69, 9.17) is 0 Å². The zero-order valence-corrected chi connectivity index (χ0v) is 11.8. The molecule has 1 aromatic carbocycles. The van der Waals surface area contributed by atoms with Gasteiger partial charge in [-0.15, -0.1) is 0 Å². The molecule has 0 spiro atoms. The molecule has 0 unspecified atom stereocenters. The zero-order chi connectivity index (χ0) is 15.7. The highest BCUT2D eigenvalue weighted by molar-refractivity contribution is 5.88. The van der Waals surface area contributed by atoms with Gasteiger partial charge in [-0.25, -0.2) is 9.48 Å². The van der Waals surface area contributed by atoms with E-state index in [2.05, 4.69) is 10.1 Å². The minimum Gasteiger partial charge on any atom is -0.508 e. The van der Waals surface area contributed by atoms with Gasteiger partial charge in [0, 0.05) is 18.0 Å². The second kappa shape index (κ2) is 5.33. The van der Waals surface area contributed by atoms with Gasteiger partial charge < -0.3 is 10.2 Å². The normalized spacial score (nSPS) is 10.6. The van der Waals surface area contributed by atoms with Crippen LogP contribution in [0.15, 0.2) is 48.8 Å². The number of aryl methyl sites for hydroxylation is 1. The molecule has 0 radical (unpaired) electrons. The quantitative estimate of drug-likeness (QED) is 0.775. The summed E-state index contributed by atoms with van der Waals surface area (Å²) in [4.78, 5) is 15.4. The molecule has 3 aromatic rings. The molecule has 6 heteroatoms. The lowest BCUT2D eigenvalue weighted by atomic mass is 10.2. The van der Waals surface area contributed by atoms with Crippen molar-refractivity contribution in [1.82, 2.24) is 14.8 Å². The van der Waals surface area contributed by atoms with Gasteiger partial charge in [0.15, 0.2) is 5.69 Å². The number of phenolic OH excluding ortho intramolecular Hbond substituents is 1. The fourth-order valence-electron chi connectivity index (χ4n) is 2.26. The molecule has 22 heavy (non-hydrogen) atoms. The van der Waals surface area contributed by atoms with Crippen LogP contribution in [-0.4, -0.2) is 30.9 Å². The molecule has 0 aliphatic rings. The fourth-order valence-corrected chi connectivity index (χ4v) is 2.26. The van der Waals surface area contributed by atoms with Crippen LogP contribution in [0.4, 0.5) is 0 Å². The van der Waals surface area contributed by atoms with E-state index < -0.39 is 5.97 Å². The average Bonchev–Trinajstić information content (AvgIpc) is 2.93. The highest BCUT2D eigenvalue weighted by Gasteiger charge is 2.17. The monoisotopic (exact) mass is 295 g/mol. The summed E-state index contributed by atoms with van der Waals surface area (Å²) in [6.07, 6.45) is 3.25. The second-order valence-corrected chi connectivity index (χ2v) is 4.84. The van der Waals surface area contributed by atoms with Crippen LogP contribution >= 0.6 is 0 Å². The van der Waals surface area contributed by atoms with Gasteiger partial charge in [0.2, 0.25) is 0 Å². The number of carboxylic acid groups (broad SMARTS) is 1. The molecule has 3 rings (SSSR count). The maximum absolute atomic E-state index is 11.5. The zero-order valence-electron chi connectivity index (χ0n) is 11.8. The van der Waals surface area contributed by atoms with E-state index in [9.17, 15) is 15.0 Å². The number of aromatic nitrogens is 3. The Kier molecular flexibility index (Phi) is 3.34. The van der Waals surface area contributed by atoms with Crippen molar-refractivity contribution in [3.63, 3.8) is 0 Å². The van der Waals surface area contributed by atoms with Crippen molar-refractivity contribution in [3.8, 4) is 22.7 Å². The van der Waals surface area contributed by atoms with E-state index in [1.807, 2.05) is 0 Å². The van der Waals surface area contributed by atoms with Crippen LogP contribution in [0.1, 0.15) is 16.1 Å². The predicted octanol–water partition coefficient (Wildman–Crippen LogP) is 2.65. The van der Waals surface area contributed by atoms with Gasteiger partial charge in [-0.3, -0.25) is 4.98 Å². The van der Waals surface area contributed by atoms with Crippen molar-refractivity contribution in [2.24, 2.45) is 0 Å². The van der Waals surface area contributed by atoms with Crippen molar-refractivity contribution in [2.45, 2.75) is 6.92 Å². The first-order valence-electron chi connectivity index (χ1n) is 6.60. The molecule has 110 valence electrons. The molecule has 0 amide bonds. The smallest absolute Gasteiger partial charge is 0.354 e. The van der Waals surface area contributed by atoms with Crippen molar-refractivity contribution in [1.29, 1.82) is 0 Å². The first-order chi connectivity index (χ1) is 10.6. The number of pyridine rings is 1. The standard InChI is InChI=1S/C16H13N3O3/c1-10-8-12(20)2-3-14(10)19-15(16(21)22)9-13(18-19)11-4-6-17-7-5-11/h2-9,20H,1H3,(H,21,22). The Morgan fingerprint density at radius 1 is 1.14 bits per heavy atom. The highest BCUT2D eigenvalue weighted by Crippen LogP contribution is 2.24. The molecule has 0 aliphatic heterocycles. The molecular formula is C16H13N3O3. The van der Waals surface area contributed by atoms with Crippen LogP contribution in [0.5, 0.6) is 5.75 Å². The van der Waals surface area contributed by atoms with Gasteiger partial charge >= 0.3 is 5.97 Å². The number of benzene rings is 1. The topological polar surface area (TPSA) is 88.2 Å². The summed E-state index contributed by atoms with van der Waals surface area (Å²) in [5.74, 6) is -0.945. The van der Waals surface area contributed by atoms with E-state index in [1.165, 1.54) is 16.8 Å². The van der Waals surface area contributed by atoms with E-state index >= 15 is 0 Å². The molecule has 0 bridgehead atoms. The largest absolute Gasteiger partial charge is 0.508 e. The van der Waals surface area contributed by atoms with Crippen LogP contribution in [-0.2, 0) is 0 Å². The third kappa shape index (κ3) is 2.42. The first kappa shape index (κ1) is 13.8. The number of nitrogens with zero attached hydrogens (tertiary/aromatic N) is 3. The lowest BCUT2D eigenvalue weighted by molar-refractivity contribution is 0.0687. The molecule has 2 heterocycles. The van der Waals surface area contributed by atoms with Crippen molar-refractivity contribution < 1.29 is 15.0 Å². The Balaban J connectivity index is 2.18. The van der Waals surface area contributed by atoms with Crippen molar-refractivity contribution in [2.75, 3.05) is 0 Å². The van der Waals surface area contributed by atoms with E-state index in [0.717, 1.165) is 11.1 Å². The Labute approximate surface area is 126 Å². The first-order valence-corrected chi connectivity index (χ1v) is 6.60. The summed E-state index contributed by atoms with van der Waals surface area (Å²) in [6.45, 7) is 1.79. The van der Waals surface area contributed by atoms with Crippen molar-refractivity contribution >= 4 is 5.97 Å². The van der Waals surface area contributed by atoms with Gasteiger partial charge in [-0.1, -0.05) is 0 Å². The SMILES string of the molecule is Cc1cc(O)ccc1-n1nc(-c2ccncc2)cc1C(=O)O. The van der Waals surface area contributed by atoms with Crippen LogP contribution in [0.2, 0.25) is 0 Å². The molecule has 0 saturated carbocycles. The van der Waals surface area contributed by atoms with Crippen LogP contribution in [0, 0.1) is 6.92 Å². The van der Waals surface area contributed by atoms with Gasteiger partial charge in [-0.2, -0.15) is 5.10 Å². The van der Waals surface area contributed by atoms with Gasteiger partial charge in [-0.05, 0) is 48.9 Å². The van der Waals surface area contributed by atoms with Crippen molar-refractivity contribution in [3.05, 3.63) is 60.0 Å². The maximum Gasteiger partial charge on any atom is 0.354 e. The minimum absolute atomic E-state index is 0.0561. The molecule has 0 aliphatic carbocycles. The van der Waals surface area contributed by atoms with Gasteiger partial charge in [0.25, 0.3) is 0 Å². The summed E-state index contributed by atoms with van der Waals surface area (Å²) < 4.78 is 1.37. The lowest BCUT2D eigenvalue weighted by Gasteiger charge is -2.08. The number of hydrogen-bond donors (Lipinski definition) is 2. The summed E-state index contributed by atoms with van der Waals surface area (Å²) in [5.41, 5.74) is 2.72. The number of rotatable bonds is 3. The van der Waals surface area contributed by atoms with Crippen LogP contribution in [0.25, 0.3) is 16.9 Å². The third-order valence-corrected chi connectivity index (χ3v) is 3.31. The molecular weight excluding hydrogens is 282 g/mol. The number of carbonyl (C=O) groups is 1. The van der Waals surface area contributed by atoms with Crippen LogP contribution in [0.3, 0.4) is 0 Å².